The highest BCUT2D eigenvalue weighted by Gasteiger charge is 2.57. The van der Waals surface area contributed by atoms with Crippen LogP contribution in [0.2, 0.25) is 0 Å². The first-order chi connectivity index (χ1) is 18.1. The third-order valence-corrected chi connectivity index (χ3v) is 6.84. The molecule has 2 heterocycles. The van der Waals surface area contributed by atoms with Gasteiger partial charge in [0.05, 0.1) is 5.92 Å². The summed E-state index contributed by atoms with van der Waals surface area (Å²) in [6.07, 6.45) is -1.01. The van der Waals surface area contributed by atoms with Gasteiger partial charge in [0.25, 0.3) is 11.4 Å². The number of ether oxygens (including phenoxy) is 3. The Hall–Kier alpha value is -3.39. The molecule has 2 fully saturated rings. The Morgan fingerprint density at radius 2 is 1.79 bits per heavy atom. The molecule has 1 saturated heterocycles. The van der Waals surface area contributed by atoms with Crippen LogP contribution in [0.1, 0.15) is 49.9 Å². The third-order valence-electron chi connectivity index (χ3n) is 6.84. The number of rotatable bonds is 8. The van der Waals surface area contributed by atoms with E-state index in [0.29, 0.717) is 27.5 Å². The SMILES string of the molecule is N[C@H](C(=O)OCn1c(=O)ccn([C@@H]2O[C@](F)(COC(=O)C3CCCCC3)[C@@H](O)[C@H]2O)c1=O)c1ccccc1. The van der Waals surface area contributed by atoms with Crippen molar-refractivity contribution in [3.63, 3.8) is 0 Å². The van der Waals surface area contributed by atoms with Crippen LogP contribution in [0.5, 0.6) is 0 Å². The van der Waals surface area contributed by atoms with E-state index in [1.54, 1.807) is 30.3 Å². The Kier molecular flexibility index (Phi) is 8.41. The first kappa shape index (κ1) is 27.6. The summed E-state index contributed by atoms with van der Waals surface area (Å²) in [6.45, 7) is -1.82. The van der Waals surface area contributed by atoms with Crippen LogP contribution in [0, 0.1) is 5.92 Å². The van der Waals surface area contributed by atoms with Gasteiger partial charge in [-0.25, -0.2) is 18.5 Å². The molecule has 4 N–H and O–H groups in total. The van der Waals surface area contributed by atoms with E-state index in [1.807, 2.05) is 0 Å². The molecule has 0 radical (unpaired) electrons. The molecule has 1 aliphatic heterocycles. The van der Waals surface area contributed by atoms with Gasteiger partial charge >= 0.3 is 17.6 Å². The Bertz CT molecular complexity index is 1260. The number of nitrogens with zero attached hydrogens (tertiary/aromatic N) is 2. The fourth-order valence-corrected chi connectivity index (χ4v) is 4.58. The molecule has 13 heteroatoms. The molecule has 12 nitrogen and oxygen atoms in total. The Balaban J connectivity index is 1.46. The normalized spacial score (nSPS) is 26.6. The first-order valence-electron chi connectivity index (χ1n) is 12.3. The van der Waals surface area contributed by atoms with Crippen LogP contribution < -0.4 is 17.0 Å². The summed E-state index contributed by atoms with van der Waals surface area (Å²) in [5.74, 6) is -4.93. The highest BCUT2D eigenvalue weighted by molar-refractivity contribution is 5.77. The first-order valence-corrected chi connectivity index (χ1v) is 12.3. The second-order valence-corrected chi connectivity index (χ2v) is 9.43. The number of esters is 2. The van der Waals surface area contributed by atoms with E-state index in [0.717, 1.165) is 31.5 Å². The molecule has 0 spiro atoms. The maximum Gasteiger partial charge on any atom is 0.335 e. The minimum absolute atomic E-state index is 0.379. The number of aliphatic hydroxyl groups excluding tert-OH is 2. The Morgan fingerprint density at radius 3 is 2.47 bits per heavy atom. The van der Waals surface area contributed by atoms with Crippen molar-refractivity contribution < 1.29 is 38.4 Å². The van der Waals surface area contributed by atoms with E-state index in [-0.39, 0.29) is 5.92 Å². The van der Waals surface area contributed by atoms with Gasteiger partial charge in [0, 0.05) is 12.3 Å². The lowest BCUT2D eigenvalue weighted by molar-refractivity contribution is -0.218. The van der Waals surface area contributed by atoms with Crippen molar-refractivity contribution in [3.8, 4) is 0 Å². The van der Waals surface area contributed by atoms with E-state index in [2.05, 4.69) is 0 Å². The highest BCUT2D eigenvalue weighted by atomic mass is 19.2. The van der Waals surface area contributed by atoms with Gasteiger partial charge in [-0.15, -0.1) is 0 Å². The number of aliphatic hydroxyl groups is 2. The van der Waals surface area contributed by atoms with Gasteiger partial charge < -0.3 is 30.2 Å². The third kappa shape index (κ3) is 5.70. The van der Waals surface area contributed by atoms with E-state index in [9.17, 15) is 29.4 Å². The van der Waals surface area contributed by atoms with Gasteiger partial charge in [0.15, 0.2) is 19.6 Å². The summed E-state index contributed by atoms with van der Waals surface area (Å²) in [5.41, 5.74) is 4.35. The number of alkyl halides is 1. The van der Waals surface area contributed by atoms with Gasteiger partial charge in [-0.05, 0) is 18.4 Å². The van der Waals surface area contributed by atoms with Crippen LogP contribution in [-0.4, -0.2) is 56.0 Å². The molecular weight excluding hydrogens is 505 g/mol. The van der Waals surface area contributed by atoms with Gasteiger partial charge in [0.2, 0.25) is 0 Å². The molecule has 2 aromatic rings. The average molecular weight is 536 g/mol. The van der Waals surface area contributed by atoms with Gasteiger partial charge in [0.1, 0.15) is 18.2 Å². The standard InChI is InChI=1S/C25H30FN3O9/c26-25(13-36-22(33)16-9-5-2-6-10-16)20(32)19(31)21(38-25)28-12-11-17(30)29(24(28)35)14-37-23(34)18(27)15-7-3-1-4-8-15/h1,3-4,7-8,11-12,16,18-21,31-32H,2,5-6,9-10,13-14,27H2/t18-,19+,20-,21+,25+/m0/s1. The van der Waals surface area contributed by atoms with Crippen molar-refractivity contribution in [3.05, 3.63) is 69.0 Å². The van der Waals surface area contributed by atoms with E-state index < -0.39 is 66.9 Å². The molecule has 0 unspecified atom stereocenters. The molecule has 2 aliphatic rings. The van der Waals surface area contributed by atoms with Crippen molar-refractivity contribution in [2.75, 3.05) is 6.61 Å². The van der Waals surface area contributed by atoms with E-state index >= 15 is 4.39 Å². The fourth-order valence-electron chi connectivity index (χ4n) is 4.58. The minimum Gasteiger partial charge on any atom is -0.459 e. The molecule has 1 aromatic carbocycles. The Morgan fingerprint density at radius 1 is 1.11 bits per heavy atom. The monoisotopic (exact) mass is 535 g/mol. The van der Waals surface area contributed by atoms with E-state index in [1.165, 1.54) is 0 Å². The summed E-state index contributed by atoms with van der Waals surface area (Å²) in [7, 11) is 0. The summed E-state index contributed by atoms with van der Waals surface area (Å²) < 4.78 is 31.9. The van der Waals surface area contributed by atoms with Crippen molar-refractivity contribution in [2.45, 2.75) is 69.2 Å². The number of hydrogen-bond acceptors (Lipinski definition) is 10. The van der Waals surface area contributed by atoms with Gasteiger partial charge in [-0.3, -0.25) is 14.2 Å². The Labute approximate surface area is 216 Å². The van der Waals surface area contributed by atoms with Crippen LogP contribution in [0.15, 0.2) is 52.2 Å². The lowest BCUT2D eigenvalue weighted by Crippen LogP contribution is -2.44. The molecular formula is C25H30FN3O9. The molecule has 38 heavy (non-hydrogen) atoms. The van der Waals surface area contributed by atoms with Crippen molar-refractivity contribution in [1.29, 1.82) is 0 Å². The molecule has 1 saturated carbocycles. The molecule has 0 bridgehead atoms. The number of benzene rings is 1. The second kappa shape index (κ2) is 11.6. The molecule has 1 aliphatic carbocycles. The molecule has 206 valence electrons. The van der Waals surface area contributed by atoms with Crippen molar-refractivity contribution >= 4 is 11.9 Å². The zero-order valence-electron chi connectivity index (χ0n) is 20.5. The summed E-state index contributed by atoms with van der Waals surface area (Å²) >= 11 is 0. The van der Waals surface area contributed by atoms with Crippen LogP contribution in [0.25, 0.3) is 0 Å². The predicted molar refractivity (Wildman–Crippen MR) is 128 cm³/mol. The van der Waals surface area contributed by atoms with Crippen LogP contribution in [-0.2, 0) is 30.5 Å². The van der Waals surface area contributed by atoms with Crippen molar-refractivity contribution in [2.24, 2.45) is 11.7 Å². The molecule has 1 aromatic heterocycles. The quantitative estimate of drug-likeness (QED) is 0.398. The number of aromatic nitrogens is 2. The number of carbonyl (C=O) groups excluding carboxylic acids is 2. The van der Waals surface area contributed by atoms with Crippen LogP contribution in [0.3, 0.4) is 0 Å². The summed E-state index contributed by atoms with van der Waals surface area (Å²) in [6, 6.07) is 8.03. The molecule has 5 atom stereocenters. The fraction of sp³-hybridized carbons (Fsp3) is 0.520. The molecule has 4 rings (SSSR count). The second-order valence-electron chi connectivity index (χ2n) is 9.43. The summed E-state index contributed by atoms with van der Waals surface area (Å²) in [5, 5.41) is 20.8. The lowest BCUT2D eigenvalue weighted by atomic mass is 9.89. The van der Waals surface area contributed by atoms with Crippen LogP contribution >= 0.6 is 0 Å². The minimum atomic E-state index is -3.01. The van der Waals surface area contributed by atoms with Crippen molar-refractivity contribution in [1.82, 2.24) is 9.13 Å². The number of halogens is 1. The van der Waals surface area contributed by atoms with Crippen LogP contribution in [0.4, 0.5) is 4.39 Å². The predicted octanol–water partition coefficient (Wildman–Crippen LogP) is 0.251. The smallest absolute Gasteiger partial charge is 0.335 e. The zero-order chi connectivity index (χ0) is 27.4. The highest BCUT2D eigenvalue weighted by Crippen LogP contribution is 2.38. The topological polar surface area (TPSA) is 172 Å². The zero-order valence-corrected chi connectivity index (χ0v) is 20.5. The number of nitrogens with two attached hydrogens (primary N) is 1. The maximum absolute atomic E-state index is 15.5. The summed E-state index contributed by atoms with van der Waals surface area (Å²) in [4.78, 5) is 49.9. The number of hydrogen-bond donors (Lipinski definition) is 3. The lowest BCUT2D eigenvalue weighted by Gasteiger charge is -2.25. The largest absolute Gasteiger partial charge is 0.459 e. The average Bonchev–Trinajstić information content (AvgIpc) is 3.16. The molecule has 0 amide bonds. The maximum atomic E-state index is 15.5. The van der Waals surface area contributed by atoms with E-state index in [4.69, 9.17) is 19.9 Å². The van der Waals surface area contributed by atoms with Gasteiger partial charge in [-0.1, -0.05) is 49.6 Å². The van der Waals surface area contributed by atoms with Gasteiger partial charge in [-0.2, -0.15) is 0 Å². The number of carbonyl (C=O) groups is 2.